The SMILES string of the molecule is CCC1CCCC(C(N)C2(c3ccccc3)CCCC2)C1. The van der Waals surface area contributed by atoms with Gasteiger partial charge in [-0.05, 0) is 43.1 Å². The zero-order valence-corrected chi connectivity index (χ0v) is 13.6. The van der Waals surface area contributed by atoms with Gasteiger partial charge in [0.1, 0.15) is 0 Å². The second-order valence-electron chi connectivity index (χ2n) is 7.46. The Morgan fingerprint density at radius 1 is 1.10 bits per heavy atom. The first-order valence-electron chi connectivity index (χ1n) is 9.07. The summed E-state index contributed by atoms with van der Waals surface area (Å²) in [5.41, 5.74) is 8.71. The van der Waals surface area contributed by atoms with E-state index in [2.05, 4.69) is 37.3 Å². The summed E-state index contributed by atoms with van der Waals surface area (Å²) in [4.78, 5) is 0. The maximum Gasteiger partial charge on any atom is 0.0165 e. The monoisotopic (exact) mass is 285 g/mol. The van der Waals surface area contributed by atoms with Crippen molar-refractivity contribution < 1.29 is 0 Å². The molecule has 0 heterocycles. The number of benzene rings is 1. The van der Waals surface area contributed by atoms with Crippen LogP contribution < -0.4 is 5.73 Å². The molecule has 0 aromatic heterocycles. The van der Waals surface area contributed by atoms with Gasteiger partial charge in [0.05, 0.1) is 0 Å². The highest BCUT2D eigenvalue weighted by molar-refractivity contribution is 5.29. The molecule has 0 aliphatic heterocycles. The van der Waals surface area contributed by atoms with Gasteiger partial charge >= 0.3 is 0 Å². The van der Waals surface area contributed by atoms with E-state index in [1.807, 2.05) is 0 Å². The second kappa shape index (κ2) is 6.52. The van der Waals surface area contributed by atoms with Crippen LogP contribution >= 0.6 is 0 Å². The molecule has 3 unspecified atom stereocenters. The van der Waals surface area contributed by atoms with Gasteiger partial charge in [-0.3, -0.25) is 0 Å². The van der Waals surface area contributed by atoms with Gasteiger partial charge in [-0.1, -0.05) is 69.4 Å². The molecule has 0 saturated heterocycles. The number of rotatable bonds is 4. The van der Waals surface area contributed by atoms with E-state index in [-0.39, 0.29) is 5.41 Å². The van der Waals surface area contributed by atoms with Crippen molar-refractivity contribution in [3.63, 3.8) is 0 Å². The van der Waals surface area contributed by atoms with Crippen molar-refractivity contribution in [3.05, 3.63) is 35.9 Å². The molecule has 1 heteroatoms. The van der Waals surface area contributed by atoms with E-state index in [0.717, 1.165) is 11.8 Å². The molecule has 1 aromatic carbocycles. The van der Waals surface area contributed by atoms with E-state index in [0.29, 0.717) is 6.04 Å². The van der Waals surface area contributed by atoms with E-state index in [1.165, 1.54) is 63.4 Å². The smallest absolute Gasteiger partial charge is 0.0165 e. The summed E-state index contributed by atoms with van der Waals surface area (Å²) in [5.74, 6) is 1.66. The summed E-state index contributed by atoms with van der Waals surface area (Å²) in [6.45, 7) is 2.35. The summed E-state index contributed by atoms with van der Waals surface area (Å²) in [6, 6.07) is 11.5. The molecule has 116 valence electrons. The molecular formula is C20H31N. The third-order valence-electron chi connectivity index (χ3n) is 6.39. The Kier molecular flexibility index (Phi) is 4.69. The topological polar surface area (TPSA) is 26.0 Å². The maximum absolute atomic E-state index is 6.94. The molecule has 1 nitrogen and oxygen atoms in total. The lowest BCUT2D eigenvalue weighted by Crippen LogP contribution is -2.49. The first-order chi connectivity index (χ1) is 10.3. The Morgan fingerprint density at radius 3 is 2.48 bits per heavy atom. The summed E-state index contributed by atoms with van der Waals surface area (Å²) in [5, 5.41) is 0. The first-order valence-corrected chi connectivity index (χ1v) is 9.07. The molecule has 2 saturated carbocycles. The molecule has 2 aliphatic rings. The summed E-state index contributed by atoms with van der Waals surface area (Å²) >= 11 is 0. The van der Waals surface area contributed by atoms with Gasteiger partial charge in [0, 0.05) is 11.5 Å². The van der Waals surface area contributed by atoms with E-state index >= 15 is 0 Å². The van der Waals surface area contributed by atoms with Gasteiger partial charge in [0.25, 0.3) is 0 Å². The molecule has 2 aliphatic carbocycles. The Labute approximate surface area is 130 Å². The molecule has 2 N–H and O–H groups in total. The number of nitrogens with two attached hydrogens (primary N) is 1. The highest BCUT2D eigenvalue weighted by Gasteiger charge is 2.44. The normalized spacial score (nSPS) is 30.2. The fraction of sp³-hybridized carbons (Fsp3) is 0.700. The lowest BCUT2D eigenvalue weighted by molar-refractivity contribution is 0.173. The van der Waals surface area contributed by atoms with Crippen LogP contribution in [0.15, 0.2) is 30.3 Å². The van der Waals surface area contributed by atoms with E-state index in [1.54, 1.807) is 0 Å². The van der Waals surface area contributed by atoms with E-state index in [9.17, 15) is 0 Å². The van der Waals surface area contributed by atoms with Crippen molar-refractivity contribution in [1.29, 1.82) is 0 Å². The van der Waals surface area contributed by atoms with Crippen LogP contribution in [0, 0.1) is 11.8 Å². The average molecular weight is 285 g/mol. The Bertz CT molecular complexity index is 432. The third kappa shape index (κ3) is 2.90. The van der Waals surface area contributed by atoms with E-state index in [4.69, 9.17) is 5.73 Å². The van der Waals surface area contributed by atoms with Crippen LogP contribution in [0.1, 0.15) is 70.3 Å². The van der Waals surface area contributed by atoms with Gasteiger partial charge in [-0.2, -0.15) is 0 Å². The Morgan fingerprint density at radius 2 is 1.81 bits per heavy atom. The highest BCUT2D eigenvalue weighted by Crippen LogP contribution is 2.47. The maximum atomic E-state index is 6.94. The van der Waals surface area contributed by atoms with Crippen molar-refractivity contribution in [3.8, 4) is 0 Å². The minimum Gasteiger partial charge on any atom is -0.327 e. The van der Waals surface area contributed by atoms with Crippen LogP contribution in [0.25, 0.3) is 0 Å². The van der Waals surface area contributed by atoms with Crippen LogP contribution in [0.5, 0.6) is 0 Å². The quantitative estimate of drug-likeness (QED) is 0.824. The molecule has 3 atom stereocenters. The standard InChI is InChI=1S/C20H31N/c1-2-16-9-8-10-17(15-16)19(21)20(13-6-7-14-20)18-11-4-3-5-12-18/h3-5,11-12,16-17,19H,2,6-10,13-15,21H2,1H3. The minimum absolute atomic E-state index is 0.265. The van der Waals surface area contributed by atoms with Gasteiger partial charge in [-0.25, -0.2) is 0 Å². The largest absolute Gasteiger partial charge is 0.327 e. The molecule has 2 fully saturated rings. The predicted molar refractivity (Wildman–Crippen MR) is 90.3 cm³/mol. The van der Waals surface area contributed by atoms with Crippen molar-refractivity contribution in [2.45, 2.75) is 76.2 Å². The van der Waals surface area contributed by atoms with Crippen molar-refractivity contribution in [1.82, 2.24) is 0 Å². The summed E-state index contributed by atoms with van der Waals surface area (Å²) < 4.78 is 0. The summed E-state index contributed by atoms with van der Waals surface area (Å²) in [7, 11) is 0. The fourth-order valence-corrected chi connectivity index (χ4v) is 5.07. The Hall–Kier alpha value is -0.820. The fourth-order valence-electron chi connectivity index (χ4n) is 5.07. The van der Waals surface area contributed by atoms with Crippen LogP contribution in [0.2, 0.25) is 0 Å². The van der Waals surface area contributed by atoms with Crippen molar-refractivity contribution in [2.75, 3.05) is 0 Å². The lowest BCUT2D eigenvalue weighted by Gasteiger charge is -2.43. The van der Waals surface area contributed by atoms with E-state index < -0.39 is 0 Å². The predicted octanol–water partition coefficient (Wildman–Crippen LogP) is 5.04. The van der Waals surface area contributed by atoms with Crippen LogP contribution in [-0.2, 0) is 5.41 Å². The molecule has 1 aromatic rings. The molecule has 0 bridgehead atoms. The van der Waals surface area contributed by atoms with Crippen molar-refractivity contribution >= 4 is 0 Å². The van der Waals surface area contributed by atoms with Crippen LogP contribution in [0.3, 0.4) is 0 Å². The molecule has 0 amide bonds. The number of hydrogen-bond acceptors (Lipinski definition) is 1. The minimum atomic E-state index is 0.265. The zero-order chi connectivity index (χ0) is 14.7. The lowest BCUT2D eigenvalue weighted by atomic mass is 9.64. The average Bonchev–Trinajstić information content (AvgIpc) is 3.06. The second-order valence-corrected chi connectivity index (χ2v) is 7.46. The molecule has 0 spiro atoms. The van der Waals surface area contributed by atoms with Gasteiger partial charge in [0.2, 0.25) is 0 Å². The summed E-state index contributed by atoms with van der Waals surface area (Å²) in [6.07, 6.45) is 12.2. The highest BCUT2D eigenvalue weighted by atomic mass is 14.7. The van der Waals surface area contributed by atoms with Crippen molar-refractivity contribution in [2.24, 2.45) is 17.6 Å². The molecule has 0 radical (unpaired) electrons. The third-order valence-corrected chi connectivity index (χ3v) is 6.39. The molecular weight excluding hydrogens is 254 g/mol. The first kappa shape index (κ1) is 15.1. The van der Waals surface area contributed by atoms with Crippen LogP contribution in [-0.4, -0.2) is 6.04 Å². The number of hydrogen-bond donors (Lipinski definition) is 1. The van der Waals surface area contributed by atoms with Gasteiger partial charge in [0.15, 0.2) is 0 Å². The zero-order valence-electron chi connectivity index (χ0n) is 13.6. The van der Waals surface area contributed by atoms with Gasteiger partial charge < -0.3 is 5.73 Å². The molecule has 3 rings (SSSR count). The van der Waals surface area contributed by atoms with Crippen LogP contribution in [0.4, 0.5) is 0 Å². The Balaban J connectivity index is 1.84. The molecule has 21 heavy (non-hydrogen) atoms. The van der Waals surface area contributed by atoms with Gasteiger partial charge in [-0.15, -0.1) is 0 Å².